The second-order valence-electron chi connectivity index (χ2n) is 3.78. The number of carbonyl (C=O) groups excluding carboxylic acids is 1. The number of hydrogen-bond donors (Lipinski definition) is 1. The molecule has 0 bridgehead atoms. The lowest BCUT2D eigenvalue weighted by molar-refractivity contribution is -0.140. The lowest BCUT2D eigenvalue weighted by atomic mass is 10.1. The van der Waals surface area contributed by atoms with Crippen LogP contribution in [0, 0.1) is 5.92 Å². The molecule has 1 unspecified atom stereocenters. The van der Waals surface area contributed by atoms with Crippen LogP contribution >= 0.6 is 12.6 Å². The van der Waals surface area contributed by atoms with E-state index in [1.807, 2.05) is 0 Å². The van der Waals surface area contributed by atoms with E-state index in [-0.39, 0.29) is 11.2 Å². The summed E-state index contributed by atoms with van der Waals surface area (Å²) in [7, 11) is 0. The fourth-order valence-electron chi connectivity index (χ4n) is 1.06. The molecular formula is C10H20O2S. The van der Waals surface area contributed by atoms with Gasteiger partial charge in [0, 0.05) is 12.2 Å². The van der Waals surface area contributed by atoms with Crippen molar-refractivity contribution >= 4 is 18.6 Å². The van der Waals surface area contributed by atoms with Crippen LogP contribution in [0.5, 0.6) is 0 Å². The number of thiol groups is 1. The quantitative estimate of drug-likeness (QED) is 0.532. The summed E-state index contributed by atoms with van der Waals surface area (Å²) in [6, 6.07) is 0. The molecule has 78 valence electrons. The maximum atomic E-state index is 10.5. The van der Waals surface area contributed by atoms with Gasteiger partial charge in [0.2, 0.25) is 0 Å². The minimum atomic E-state index is -0.220. The molecule has 1 atom stereocenters. The topological polar surface area (TPSA) is 26.3 Å². The Morgan fingerprint density at radius 2 is 2.00 bits per heavy atom. The zero-order valence-corrected chi connectivity index (χ0v) is 9.64. The molecule has 0 aromatic carbocycles. The molecule has 0 spiro atoms. The Bertz CT molecular complexity index is 146. The van der Waals surface area contributed by atoms with Crippen LogP contribution in [0.3, 0.4) is 0 Å². The van der Waals surface area contributed by atoms with Gasteiger partial charge in [-0.25, -0.2) is 0 Å². The van der Waals surface area contributed by atoms with Gasteiger partial charge >= 0.3 is 5.97 Å². The van der Waals surface area contributed by atoms with E-state index in [4.69, 9.17) is 4.74 Å². The van der Waals surface area contributed by atoms with Crippen LogP contribution in [0.1, 0.15) is 40.0 Å². The van der Waals surface area contributed by atoms with Gasteiger partial charge in [0.15, 0.2) is 0 Å². The van der Waals surface area contributed by atoms with Crippen LogP contribution < -0.4 is 0 Å². The molecule has 2 nitrogen and oxygen atoms in total. The highest BCUT2D eigenvalue weighted by molar-refractivity contribution is 7.81. The third-order valence-electron chi connectivity index (χ3n) is 1.80. The van der Waals surface area contributed by atoms with Crippen LogP contribution in [0.25, 0.3) is 0 Å². The molecule has 0 heterocycles. The van der Waals surface area contributed by atoms with Crippen molar-refractivity contribution in [2.75, 3.05) is 6.61 Å². The number of hydrogen-bond acceptors (Lipinski definition) is 3. The zero-order valence-electron chi connectivity index (χ0n) is 8.75. The Hall–Kier alpha value is -0.180. The normalized spacial score (nSPS) is 13.0. The molecule has 3 heteroatoms. The maximum Gasteiger partial charge on any atom is 0.302 e. The first-order valence-electron chi connectivity index (χ1n) is 4.83. The largest absolute Gasteiger partial charge is 0.465 e. The fourth-order valence-corrected chi connectivity index (χ4v) is 1.32. The number of carbonyl (C=O) groups is 1. The Balaban J connectivity index is 3.30. The van der Waals surface area contributed by atoms with Crippen molar-refractivity contribution < 1.29 is 9.53 Å². The smallest absolute Gasteiger partial charge is 0.302 e. The van der Waals surface area contributed by atoms with E-state index in [0.717, 1.165) is 18.8 Å². The molecule has 0 saturated carbocycles. The van der Waals surface area contributed by atoms with Crippen molar-refractivity contribution in [3.8, 4) is 0 Å². The van der Waals surface area contributed by atoms with Crippen molar-refractivity contribution in [3.63, 3.8) is 0 Å². The van der Waals surface area contributed by atoms with Crippen molar-refractivity contribution in [2.24, 2.45) is 5.92 Å². The van der Waals surface area contributed by atoms with Crippen LogP contribution in [0.4, 0.5) is 0 Å². The summed E-state index contributed by atoms with van der Waals surface area (Å²) in [5, 5.41) is 0.197. The third-order valence-corrected chi connectivity index (χ3v) is 2.21. The standard InChI is InChI=1S/C10H20O2S/c1-8(2)5-4-6-10(13)7-12-9(3)11/h8,10,13H,4-7H2,1-3H3. The number of ether oxygens (including phenoxy) is 1. The summed E-state index contributed by atoms with van der Waals surface area (Å²) in [4.78, 5) is 10.5. The first-order chi connectivity index (χ1) is 6.02. The third kappa shape index (κ3) is 9.74. The number of esters is 1. The second kappa shape index (κ2) is 7.25. The summed E-state index contributed by atoms with van der Waals surface area (Å²) in [5.41, 5.74) is 0. The molecule has 0 amide bonds. The monoisotopic (exact) mass is 204 g/mol. The Morgan fingerprint density at radius 3 is 2.46 bits per heavy atom. The molecule has 0 aliphatic carbocycles. The minimum absolute atomic E-state index is 0.197. The highest BCUT2D eigenvalue weighted by atomic mass is 32.1. The molecule has 0 saturated heterocycles. The van der Waals surface area contributed by atoms with E-state index in [0.29, 0.717) is 6.61 Å². The summed E-state index contributed by atoms with van der Waals surface area (Å²) >= 11 is 4.33. The fraction of sp³-hybridized carbons (Fsp3) is 0.900. The minimum Gasteiger partial charge on any atom is -0.465 e. The molecule has 0 aromatic heterocycles. The summed E-state index contributed by atoms with van der Waals surface area (Å²) in [5.74, 6) is 0.525. The molecule has 0 rings (SSSR count). The van der Waals surface area contributed by atoms with Gasteiger partial charge in [-0.05, 0) is 12.3 Å². The van der Waals surface area contributed by atoms with E-state index in [1.54, 1.807) is 0 Å². The van der Waals surface area contributed by atoms with Gasteiger partial charge in [-0.2, -0.15) is 12.6 Å². The van der Waals surface area contributed by atoms with Gasteiger partial charge in [-0.15, -0.1) is 0 Å². The molecule has 13 heavy (non-hydrogen) atoms. The van der Waals surface area contributed by atoms with Gasteiger partial charge in [-0.1, -0.05) is 26.7 Å². The predicted molar refractivity (Wildman–Crippen MR) is 58.1 cm³/mol. The molecular weight excluding hydrogens is 184 g/mol. The first kappa shape index (κ1) is 12.8. The molecule has 0 radical (unpaired) electrons. The Morgan fingerprint density at radius 1 is 1.38 bits per heavy atom. The van der Waals surface area contributed by atoms with Gasteiger partial charge in [0.25, 0.3) is 0 Å². The van der Waals surface area contributed by atoms with Gasteiger partial charge < -0.3 is 4.74 Å². The maximum absolute atomic E-state index is 10.5. The predicted octanol–water partition coefficient (Wildman–Crippen LogP) is 2.67. The molecule has 0 N–H and O–H groups in total. The Kier molecular flexibility index (Phi) is 7.14. The zero-order chi connectivity index (χ0) is 10.3. The summed E-state index contributed by atoms with van der Waals surface area (Å²) < 4.78 is 4.85. The van der Waals surface area contributed by atoms with Crippen molar-refractivity contribution in [2.45, 2.75) is 45.3 Å². The van der Waals surface area contributed by atoms with Gasteiger partial charge in [0.05, 0.1) is 0 Å². The highest BCUT2D eigenvalue weighted by Gasteiger charge is 2.05. The summed E-state index contributed by atoms with van der Waals surface area (Å²) in [6.45, 7) is 6.28. The van der Waals surface area contributed by atoms with Crippen LogP contribution in [-0.2, 0) is 9.53 Å². The molecule has 0 aliphatic heterocycles. The van der Waals surface area contributed by atoms with Crippen molar-refractivity contribution in [1.82, 2.24) is 0 Å². The lowest BCUT2D eigenvalue weighted by Gasteiger charge is -2.10. The summed E-state index contributed by atoms with van der Waals surface area (Å²) in [6.07, 6.45) is 3.40. The average Bonchev–Trinajstić information content (AvgIpc) is 2.00. The van der Waals surface area contributed by atoms with E-state index in [1.165, 1.54) is 13.3 Å². The van der Waals surface area contributed by atoms with E-state index in [9.17, 15) is 4.79 Å². The lowest BCUT2D eigenvalue weighted by Crippen LogP contribution is -2.12. The highest BCUT2D eigenvalue weighted by Crippen LogP contribution is 2.11. The average molecular weight is 204 g/mol. The molecule has 0 aliphatic rings. The van der Waals surface area contributed by atoms with Crippen LogP contribution in [-0.4, -0.2) is 17.8 Å². The van der Waals surface area contributed by atoms with Crippen molar-refractivity contribution in [1.29, 1.82) is 0 Å². The van der Waals surface area contributed by atoms with Gasteiger partial charge in [0.1, 0.15) is 6.61 Å². The van der Waals surface area contributed by atoms with E-state index in [2.05, 4.69) is 26.5 Å². The molecule has 0 aromatic rings. The van der Waals surface area contributed by atoms with Gasteiger partial charge in [-0.3, -0.25) is 4.79 Å². The first-order valence-corrected chi connectivity index (χ1v) is 5.35. The number of rotatable bonds is 6. The molecule has 0 fully saturated rings. The SMILES string of the molecule is CC(=O)OCC(S)CCCC(C)C. The Labute approximate surface area is 86.5 Å². The second-order valence-corrected chi connectivity index (χ2v) is 4.51. The van der Waals surface area contributed by atoms with Crippen LogP contribution in [0.2, 0.25) is 0 Å². The van der Waals surface area contributed by atoms with Crippen molar-refractivity contribution in [3.05, 3.63) is 0 Å². The van der Waals surface area contributed by atoms with Crippen LogP contribution in [0.15, 0.2) is 0 Å². The van der Waals surface area contributed by atoms with E-state index >= 15 is 0 Å². The van der Waals surface area contributed by atoms with E-state index < -0.39 is 0 Å².